The van der Waals surface area contributed by atoms with Crippen molar-refractivity contribution in [2.75, 3.05) is 89.9 Å². The summed E-state index contributed by atoms with van der Waals surface area (Å²) in [5.74, 6) is -10.8. The summed E-state index contributed by atoms with van der Waals surface area (Å²) in [5, 5.41) is 24.8. The number of rotatable bonds is 34. The van der Waals surface area contributed by atoms with E-state index >= 15 is 9.59 Å². The van der Waals surface area contributed by atoms with Crippen LogP contribution < -0.4 is 47.5 Å². The molecule has 1 aromatic rings. The number of methoxy groups -OCH3 is 2. The molecule has 1 saturated heterocycles. The molecular formula is C93H164N14O18. The van der Waals surface area contributed by atoms with Crippen LogP contribution in [0.5, 0.6) is 11.5 Å². The van der Waals surface area contributed by atoms with Crippen LogP contribution in [0.15, 0.2) is 30.4 Å². The number of nitrogens with one attached hydrogen (secondary N) is 5. The third-order valence-electron chi connectivity index (χ3n) is 23.6. The molecule has 1 heterocycles. The fourth-order valence-corrected chi connectivity index (χ4v) is 15.0. The molecule has 1 aliphatic rings. The van der Waals surface area contributed by atoms with Crippen molar-refractivity contribution in [3.8, 4) is 11.5 Å². The van der Waals surface area contributed by atoms with Crippen molar-refractivity contribution in [3.05, 3.63) is 35.9 Å². The van der Waals surface area contributed by atoms with Gasteiger partial charge in [-0.05, 0) is 163 Å². The number of amides is 13. The summed E-state index contributed by atoms with van der Waals surface area (Å²) in [5.41, 5.74) is 12.2. The van der Waals surface area contributed by atoms with Crippen molar-refractivity contribution < 1.29 is 86.4 Å². The van der Waals surface area contributed by atoms with E-state index < -0.39 is 191 Å². The molecule has 0 aliphatic carbocycles. The molecule has 0 unspecified atom stereocenters. The SMILES string of the molecule is C/C=C/C[C@@H](C)C(=O)[C@H]1C(=O)N[C@@H](C(C)C)C(=O)N(C)CC(=O)N(C)[C@@H](CC(C)C)C(=O)N[C@@H](C(C)C)C(=O)N(C)[C@@H](CC(C)C)C(=O)N[C@@H](C)C(=O)N[C@H](C)C(=O)N(C)[C@@H](CC(C)C)C(=O)N(C)[C@@H](CC(C)C)C(=O)N(C)[C@@H](C(C)C)C(=O)N1C.COCCCOc1cc(C[C@@H](C[C@H](N)[C@@H](O)C[C@H](C(=O)NCC(C)(C)C(N)=O)C(C)C)C(C)C)ccc1OC. The second-order valence-corrected chi connectivity index (χ2v) is 38.6. The Kier molecular flexibility index (Phi) is 49.1. The van der Waals surface area contributed by atoms with E-state index in [1.54, 1.807) is 95.6 Å². The van der Waals surface area contributed by atoms with Gasteiger partial charge in [0.05, 0.1) is 31.8 Å². The molecule has 0 bridgehead atoms. The zero-order valence-electron chi connectivity index (χ0n) is 82.1. The number of ketones is 1. The molecular weight excluding hydrogens is 1600 g/mol. The summed E-state index contributed by atoms with van der Waals surface area (Å²) in [6, 6.07) is -7.26. The van der Waals surface area contributed by atoms with Gasteiger partial charge in [-0.15, -0.1) is 0 Å². The van der Waals surface area contributed by atoms with Crippen molar-refractivity contribution in [3.63, 3.8) is 0 Å². The third-order valence-corrected chi connectivity index (χ3v) is 23.6. The molecule has 0 saturated carbocycles. The number of aliphatic hydroxyl groups is 1. The maximum Gasteiger partial charge on any atom is 0.251 e. The molecule has 1 aromatic carbocycles. The first-order valence-electron chi connectivity index (χ1n) is 44.8. The first-order chi connectivity index (χ1) is 57.8. The number of nitrogens with zero attached hydrogens (tertiary/aromatic N) is 7. The summed E-state index contributed by atoms with van der Waals surface area (Å²) in [4.78, 5) is 208. The van der Waals surface area contributed by atoms with Crippen LogP contribution in [0.3, 0.4) is 0 Å². The van der Waals surface area contributed by atoms with Crippen LogP contribution in [0.4, 0.5) is 0 Å². The van der Waals surface area contributed by atoms with Gasteiger partial charge < -0.3 is 91.7 Å². The normalized spacial score (nSPS) is 22.8. The molecule has 32 heteroatoms. The van der Waals surface area contributed by atoms with Gasteiger partial charge in [-0.3, -0.25) is 67.1 Å². The number of hydrogen-bond acceptors (Lipinski definition) is 19. The van der Waals surface area contributed by atoms with Gasteiger partial charge in [0.1, 0.15) is 54.4 Å². The average Bonchev–Trinajstić information content (AvgIpc) is 0.811. The molecule has 10 N–H and O–H groups in total. The van der Waals surface area contributed by atoms with Crippen molar-refractivity contribution in [2.45, 2.75) is 297 Å². The van der Waals surface area contributed by atoms with E-state index in [4.69, 9.17) is 25.7 Å². The first-order valence-corrected chi connectivity index (χ1v) is 44.8. The summed E-state index contributed by atoms with van der Waals surface area (Å²) in [6.45, 7) is 43.6. The Morgan fingerprint density at radius 3 is 1.50 bits per heavy atom. The van der Waals surface area contributed by atoms with Gasteiger partial charge in [0.25, 0.3) is 5.91 Å². The lowest BCUT2D eigenvalue weighted by atomic mass is 9.80. The Hall–Kier alpha value is -8.78. The molecule has 0 spiro atoms. The Bertz CT molecular complexity index is 3710. The monoisotopic (exact) mass is 1770 g/mol. The number of carbonyl (C=O) groups is 14. The van der Waals surface area contributed by atoms with Crippen LogP contribution in [0.25, 0.3) is 0 Å². The molecule has 32 nitrogen and oxygen atoms in total. The molecule has 13 amide bonds. The maximum absolute atomic E-state index is 15.2. The highest BCUT2D eigenvalue weighted by molar-refractivity contribution is 6.10. The molecule has 1 aliphatic heterocycles. The molecule has 125 heavy (non-hydrogen) atoms. The topological polar surface area (TPSA) is 422 Å². The highest BCUT2D eigenvalue weighted by atomic mass is 16.5. The molecule has 1 fully saturated rings. The molecule has 2 rings (SSSR count). The fourth-order valence-electron chi connectivity index (χ4n) is 15.0. The van der Waals surface area contributed by atoms with E-state index in [1.165, 1.54) is 87.7 Å². The molecule has 0 radical (unpaired) electrons. The van der Waals surface area contributed by atoms with Crippen LogP contribution >= 0.6 is 0 Å². The number of carbonyl (C=O) groups excluding carboxylic acids is 14. The Labute approximate surface area is 748 Å². The van der Waals surface area contributed by atoms with Gasteiger partial charge in [-0.2, -0.15) is 0 Å². The van der Waals surface area contributed by atoms with E-state index in [0.717, 1.165) is 28.2 Å². The van der Waals surface area contributed by atoms with Crippen LogP contribution in [0.1, 0.15) is 223 Å². The van der Waals surface area contributed by atoms with Crippen LogP contribution in [-0.2, 0) is 78.3 Å². The highest BCUT2D eigenvalue weighted by Gasteiger charge is 2.47. The van der Waals surface area contributed by atoms with Crippen LogP contribution in [0.2, 0.25) is 0 Å². The van der Waals surface area contributed by atoms with Crippen molar-refractivity contribution >= 4 is 82.6 Å². The quantitative estimate of drug-likeness (QED) is 0.0195. The molecule has 0 aromatic heterocycles. The zero-order valence-corrected chi connectivity index (χ0v) is 82.1. The molecule has 714 valence electrons. The molecule has 15 atom stereocenters. The maximum atomic E-state index is 15.2. The van der Waals surface area contributed by atoms with Crippen molar-refractivity contribution in [2.24, 2.45) is 87.9 Å². The summed E-state index contributed by atoms with van der Waals surface area (Å²) in [7, 11) is 13.1. The van der Waals surface area contributed by atoms with E-state index in [0.29, 0.717) is 37.1 Å². The third kappa shape index (κ3) is 35.4. The number of nitrogens with two attached hydrogens (primary N) is 2. The number of primary amides is 1. The van der Waals surface area contributed by atoms with Crippen LogP contribution in [-0.4, -0.2) is 284 Å². The Morgan fingerprint density at radius 1 is 0.552 bits per heavy atom. The van der Waals surface area contributed by atoms with E-state index in [2.05, 4.69) is 40.4 Å². The minimum Gasteiger partial charge on any atom is -0.493 e. The number of ether oxygens (including phenoxy) is 3. The lowest BCUT2D eigenvalue weighted by Gasteiger charge is -2.41. The summed E-state index contributed by atoms with van der Waals surface area (Å²) < 4.78 is 16.5. The highest BCUT2D eigenvalue weighted by Crippen LogP contribution is 2.33. The van der Waals surface area contributed by atoms with E-state index in [1.807, 2.05) is 87.4 Å². The average molecular weight is 1770 g/mol. The first kappa shape index (κ1) is 114. The summed E-state index contributed by atoms with van der Waals surface area (Å²) >= 11 is 0. The standard InChI is InChI=1S/C63H111N11O12.C30H53N3O6/c1-26-27-28-41(16)53(76)52-57(80)67-49(38(10)11)61(84)68(19)33-48(75)69(20)44(29-34(2)3)56(79)66-50(39(12)13)62(85)70(21)45(30-35(4)5)55(78)64-42(17)54(77)65-43(18)58(81)71(22)46(31-36(6)7)59(82)72(23)47(32-37(8)9)60(83)73(24)51(40(14)15)63(86)74(52)25;1-19(2)22(14-21-10-11-26(38-8)27(15-21)39-13-9-12-37-7)16-24(31)25(34)17-23(20(3)4)28(35)33-18-30(5,6)29(32)36/h26-27,34-47,49-52H,28-33H2,1-25H3,(H,64,78)(H,65,77)(H,66,79)(H,67,80);10-11,15,19-20,22-25,34H,9,12-14,16-18,31H2,1-8H3,(H2,32,36)(H,33,35)/b27-26+;/t41-,42+,43-,44+,45+,46+,47+,49+,50+,51+,52+;22-,23-,24-,25-/m10/s1. The number of hydrogen-bond donors (Lipinski definition) is 8. The number of allylic oxidation sites excluding steroid dienone is 2. The van der Waals surface area contributed by atoms with Gasteiger partial charge in [0.2, 0.25) is 70.9 Å². The predicted molar refractivity (Wildman–Crippen MR) is 487 cm³/mol. The largest absolute Gasteiger partial charge is 0.493 e. The Balaban J connectivity index is 0.00000166. The van der Waals surface area contributed by atoms with Crippen molar-refractivity contribution in [1.82, 2.24) is 60.9 Å². The minimum atomic E-state index is -1.82. The lowest BCUT2D eigenvalue weighted by molar-refractivity contribution is -0.157. The van der Waals surface area contributed by atoms with Gasteiger partial charge >= 0.3 is 0 Å². The lowest BCUT2D eigenvalue weighted by Crippen LogP contribution is -2.63. The number of aliphatic hydroxyl groups excluding tert-OH is 1. The number of likely N-dealkylation sites (N-methyl/N-ethyl adjacent to an activating group) is 7. The Morgan fingerprint density at radius 2 is 1.02 bits per heavy atom. The van der Waals surface area contributed by atoms with Gasteiger partial charge in [0, 0.05) is 93.9 Å². The van der Waals surface area contributed by atoms with Crippen molar-refractivity contribution in [1.29, 1.82) is 0 Å². The van der Waals surface area contributed by atoms with Gasteiger partial charge in [0.15, 0.2) is 23.3 Å². The smallest absolute Gasteiger partial charge is 0.251 e. The number of benzene rings is 1. The van der Waals surface area contributed by atoms with E-state index in [9.17, 15) is 62.6 Å². The van der Waals surface area contributed by atoms with E-state index in [-0.39, 0.29) is 86.5 Å². The second-order valence-electron chi connectivity index (χ2n) is 38.6. The number of Topliss-reactive ketones (excluding diaryl/α,β-unsaturated/α-hetero) is 1. The predicted octanol–water partition coefficient (Wildman–Crippen LogP) is 7.02. The van der Waals surface area contributed by atoms with Gasteiger partial charge in [-0.1, -0.05) is 150 Å². The summed E-state index contributed by atoms with van der Waals surface area (Å²) in [6.07, 6.45) is 5.84. The zero-order chi connectivity index (χ0) is 96.6. The fraction of sp³-hybridized carbons (Fsp3) is 0.763. The minimum absolute atomic E-state index is 0.00829. The second kappa shape index (κ2) is 53.8. The van der Waals surface area contributed by atoms with Gasteiger partial charge in [-0.25, -0.2) is 0 Å². The van der Waals surface area contributed by atoms with Crippen LogP contribution in [0, 0.1) is 76.4 Å².